The molecule has 1 aromatic carbocycles. The van der Waals surface area contributed by atoms with Crippen molar-refractivity contribution in [1.29, 1.82) is 0 Å². The molecule has 94 valence electrons. The zero-order valence-electron chi connectivity index (χ0n) is 10.6. The quantitative estimate of drug-likeness (QED) is 0.786. The van der Waals surface area contributed by atoms with E-state index in [0.29, 0.717) is 12.0 Å². The zero-order valence-corrected chi connectivity index (χ0v) is 10.6. The Bertz CT molecular complexity index is 534. The Kier molecular flexibility index (Phi) is 2.10. The maximum absolute atomic E-state index is 12.2. The van der Waals surface area contributed by atoms with Crippen molar-refractivity contribution < 1.29 is 4.79 Å². The van der Waals surface area contributed by atoms with Gasteiger partial charge in [0, 0.05) is 30.6 Å². The lowest BCUT2D eigenvalue weighted by molar-refractivity contribution is 0.0923. The van der Waals surface area contributed by atoms with Crippen molar-refractivity contribution in [3.8, 4) is 0 Å². The summed E-state index contributed by atoms with van der Waals surface area (Å²) < 4.78 is 0. The summed E-state index contributed by atoms with van der Waals surface area (Å²) in [5.41, 5.74) is 4.82. The van der Waals surface area contributed by atoms with Gasteiger partial charge in [0.15, 0.2) is 0 Å². The van der Waals surface area contributed by atoms with Crippen LogP contribution in [0.3, 0.4) is 0 Å². The highest BCUT2D eigenvalue weighted by atomic mass is 16.1. The van der Waals surface area contributed by atoms with Gasteiger partial charge in [-0.3, -0.25) is 4.79 Å². The maximum Gasteiger partial charge on any atom is 0.252 e. The third-order valence-corrected chi connectivity index (χ3v) is 4.59. The zero-order chi connectivity index (χ0) is 12.3. The lowest BCUT2D eigenvalue weighted by Gasteiger charge is -2.30. The highest BCUT2D eigenvalue weighted by Crippen LogP contribution is 2.43. The molecular weight excluding hydrogens is 224 g/mol. The Morgan fingerprint density at radius 1 is 1.22 bits per heavy atom. The summed E-state index contributed by atoms with van der Waals surface area (Å²) in [4.78, 5) is 12.2. The summed E-state index contributed by atoms with van der Waals surface area (Å²) in [5, 5.41) is 6.53. The molecule has 4 rings (SSSR count). The van der Waals surface area contributed by atoms with Gasteiger partial charge < -0.3 is 10.6 Å². The average molecular weight is 242 g/mol. The van der Waals surface area contributed by atoms with Crippen LogP contribution in [0, 0.1) is 6.92 Å². The number of amides is 1. The van der Waals surface area contributed by atoms with Gasteiger partial charge in [0.05, 0.1) is 0 Å². The van der Waals surface area contributed by atoms with Crippen LogP contribution >= 0.6 is 0 Å². The van der Waals surface area contributed by atoms with Crippen LogP contribution in [-0.4, -0.2) is 25.0 Å². The number of hydrogen-bond donors (Lipinski definition) is 2. The van der Waals surface area contributed by atoms with Gasteiger partial charge in [-0.25, -0.2) is 0 Å². The molecule has 0 spiro atoms. The fraction of sp³-hybridized carbons (Fsp3) is 0.533. The first-order valence-electron chi connectivity index (χ1n) is 6.90. The number of rotatable bonds is 1. The van der Waals surface area contributed by atoms with Gasteiger partial charge in [0.1, 0.15) is 0 Å². The van der Waals surface area contributed by atoms with Crippen LogP contribution in [0.15, 0.2) is 12.1 Å². The third-order valence-electron chi connectivity index (χ3n) is 4.59. The Labute approximate surface area is 107 Å². The van der Waals surface area contributed by atoms with Gasteiger partial charge in [-0.05, 0) is 42.4 Å². The number of aryl methyl sites for hydroxylation is 1. The number of hydrogen-bond acceptors (Lipinski definition) is 2. The Balaban J connectivity index is 1.88. The third kappa shape index (κ3) is 1.43. The second kappa shape index (κ2) is 3.58. The summed E-state index contributed by atoms with van der Waals surface area (Å²) in [6.07, 6.45) is 2.63. The first kappa shape index (κ1) is 10.6. The molecule has 3 nitrogen and oxygen atoms in total. The van der Waals surface area contributed by atoms with E-state index in [-0.39, 0.29) is 5.91 Å². The van der Waals surface area contributed by atoms with Crippen molar-refractivity contribution in [2.75, 3.05) is 13.1 Å². The number of benzene rings is 1. The van der Waals surface area contributed by atoms with Crippen molar-refractivity contribution >= 4 is 5.91 Å². The van der Waals surface area contributed by atoms with E-state index < -0.39 is 0 Å². The monoisotopic (exact) mass is 242 g/mol. The largest absolute Gasteiger partial charge is 0.347 e. The molecular formula is C15H18N2O. The molecule has 0 bridgehead atoms. The molecule has 1 saturated carbocycles. The van der Waals surface area contributed by atoms with Crippen LogP contribution in [-0.2, 0) is 0 Å². The van der Waals surface area contributed by atoms with Gasteiger partial charge in [-0.2, -0.15) is 0 Å². The number of carbonyl (C=O) groups excluding carboxylic acids is 1. The Hall–Kier alpha value is -1.35. The van der Waals surface area contributed by atoms with Gasteiger partial charge in [0.2, 0.25) is 0 Å². The Morgan fingerprint density at radius 2 is 2.06 bits per heavy atom. The SMILES string of the molecule is Cc1cc(C2CC2)cc2c1C(=O)N[C@H]1CNC[C@H]21. The van der Waals surface area contributed by atoms with Crippen molar-refractivity contribution in [1.82, 2.24) is 10.6 Å². The van der Waals surface area contributed by atoms with Gasteiger partial charge in [0.25, 0.3) is 5.91 Å². The maximum atomic E-state index is 12.2. The molecule has 1 aliphatic carbocycles. The van der Waals surface area contributed by atoms with Crippen molar-refractivity contribution in [3.05, 3.63) is 34.4 Å². The molecule has 2 fully saturated rings. The van der Waals surface area contributed by atoms with Crippen molar-refractivity contribution in [2.45, 2.75) is 37.6 Å². The van der Waals surface area contributed by atoms with Gasteiger partial charge in [-0.15, -0.1) is 0 Å². The van der Waals surface area contributed by atoms with E-state index in [1.165, 1.54) is 24.0 Å². The topological polar surface area (TPSA) is 41.1 Å². The summed E-state index contributed by atoms with van der Waals surface area (Å²) in [5.74, 6) is 1.34. The minimum atomic E-state index is 0.120. The Morgan fingerprint density at radius 3 is 2.83 bits per heavy atom. The highest BCUT2D eigenvalue weighted by Gasteiger charge is 2.38. The van der Waals surface area contributed by atoms with Crippen LogP contribution in [0.4, 0.5) is 0 Å². The van der Waals surface area contributed by atoms with Gasteiger partial charge in [-0.1, -0.05) is 12.1 Å². The molecule has 0 unspecified atom stereocenters. The van der Waals surface area contributed by atoms with Crippen molar-refractivity contribution in [3.63, 3.8) is 0 Å². The second-order valence-corrected chi connectivity index (χ2v) is 5.92. The second-order valence-electron chi connectivity index (χ2n) is 5.92. The summed E-state index contributed by atoms with van der Waals surface area (Å²) in [6, 6.07) is 4.82. The van der Waals surface area contributed by atoms with Gasteiger partial charge >= 0.3 is 0 Å². The predicted octanol–water partition coefficient (Wildman–Crippen LogP) is 1.67. The van der Waals surface area contributed by atoms with E-state index >= 15 is 0 Å². The minimum Gasteiger partial charge on any atom is -0.347 e. The molecule has 1 aromatic rings. The molecule has 2 aliphatic heterocycles. The van der Waals surface area contributed by atoms with E-state index in [9.17, 15) is 4.79 Å². The number of fused-ring (bicyclic) bond motifs is 3. The molecule has 0 aromatic heterocycles. The van der Waals surface area contributed by atoms with Crippen LogP contribution in [0.2, 0.25) is 0 Å². The lowest BCUT2D eigenvalue weighted by Crippen LogP contribution is -2.44. The molecule has 0 radical (unpaired) electrons. The molecule has 1 saturated heterocycles. The summed E-state index contributed by atoms with van der Waals surface area (Å²) >= 11 is 0. The fourth-order valence-electron chi connectivity index (χ4n) is 3.50. The smallest absolute Gasteiger partial charge is 0.252 e. The van der Waals surface area contributed by atoms with Crippen LogP contribution in [0.1, 0.15) is 51.7 Å². The molecule has 1 amide bonds. The number of nitrogens with one attached hydrogen (secondary N) is 2. The van der Waals surface area contributed by atoms with E-state index in [1.807, 2.05) is 0 Å². The summed E-state index contributed by atoms with van der Waals surface area (Å²) in [6.45, 7) is 3.97. The average Bonchev–Trinajstić information content (AvgIpc) is 3.08. The molecule has 2 heterocycles. The molecule has 2 atom stereocenters. The first-order chi connectivity index (χ1) is 8.74. The lowest BCUT2D eigenvalue weighted by atomic mass is 9.82. The fourth-order valence-corrected chi connectivity index (χ4v) is 3.50. The minimum absolute atomic E-state index is 0.120. The van der Waals surface area contributed by atoms with E-state index in [4.69, 9.17) is 0 Å². The normalized spacial score (nSPS) is 29.7. The van der Waals surface area contributed by atoms with Crippen LogP contribution in [0.25, 0.3) is 0 Å². The first-order valence-corrected chi connectivity index (χ1v) is 6.90. The number of carbonyl (C=O) groups is 1. The highest BCUT2D eigenvalue weighted by molar-refractivity contribution is 5.99. The van der Waals surface area contributed by atoms with E-state index in [1.54, 1.807) is 0 Å². The molecule has 3 aliphatic rings. The predicted molar refractivity (Wildman–Crippen MR) is 70.0 cm³/mol. The van der Waals surface area contributed by atoms with E-state index in [2.05, 4.69) is 29.7 Å². The van der Waals surface area contributed by atoms with Crippen molar-refractivity contribution in [2.24, 2.45) is 0 Å². The van der Waals surface area contributed by atoms with E-state index in [0.717, 1.165) is 30.1 Å². The molecule has 2 N–H and O–H groups in total. The molecule has 18 heavy (non-hydrogen) atoms. The van der Waals surface area contributed by atoms with Crippen LogP contribution in [0.5, 0.6) is 0 Å². The molecule has 3 heteroatoms. The standard InChI is InChI=1S/C15H18N2O/c1-8-4-10(9-2-3-9)5-11-12-6-16-7-13(12)17-15(18)14(8)11/h4-5,9,12-13,16H,2-3,6-7H2,1H3,(H,17,18)/t12-,13+/m1/s1. The van der Waals surface area contributed by atoms with Crippen LogP contribution < -0.4 is 10.6 Å². The summed E-state index contributed by atoms with van der Waals surface area (Å²) in [7, 11) is 0.